The molecule has 0 saturated carbocycles. The van der Waals surface area contributed by atoms with E-state index in [1.807, 2.05) is 12.2 Å². The average Bonchev–Trinajstić information content (AvgIpc) is 2.05. The second-order valence-corrected chi connectivity index (χ2v) is 2.69. The summed E-state index contributed by atoms with van der Waals surface area (Å²) in [5, 5.41) is 0. The summed E-state index contributed by atoms with van der Waals surface area (Å²) in [6.45, 7) is 5.73. The summed E-state index contributed by atoms with van der Waals surface area (Å²) in [5.74, 6) is 0. The van der Waals surface area contributed by atoms with Crippen molar-refractivity contribution in [2.24, 2.45) is 4.99 Å². The van der Waals surface area contributed by atoms with E-state index in [0.717, 1.165) is 11.3 Å². The molecule has 1 heteroatoms. The lowest BCUT2D eigenvalue weighted by molar-refractivity contribution is 1.40. The number of aliphatic imine (C=N–C) groups is 1. The molecular weight excluding hydrogens is 146 g/mol. The van der Waals surface area contributed by atoms with Crippen molar-refractivity contribution in [2.75, 3.05) is 7.05 Å². The van der Waals surface area contributed by atoms with Crippen LogP contribution in [0.3, 0.4) is 0 Å². The normalized spacial score (nSPS) is 23.0. The quantitative estimate of drug-likeness (QED) is 0.557. The van der Waals surface area contributed by atoms with Crippen LogP contribution in [0.1, 0.15) is 6.92 Å². The number of nitrogens with zero attached hydrogens (tertiary/aromatic N) is 1. The summed E-state index contributed by atoms with van der Waals surface area (Å²) in [6, 6.07) is 0. The van der Waals surface area contributed by atoms with Gasteiger partial charge in [0, 0.05) is 7.05 Å². The smallest absolute Gasteiger partial charge is 0.0643 e. The Morgan fingerprint density at radius 1 is 1.42 bits per heavy atom. The van der Waals surface area contributed by atoms with Gasteiger partial charge in [0.05, 0.1) is 5.71 Å². The molecule has 1 nitrogen and oxygen atoms in total. The molecule has 0 aliphatic heterocycles. The third-order valence-electron chi connectivity index (χ3n) is 1.72. The molecule has 12 heavy (non-hydrogen) atoms. The number of hydrogen-bond donors (Lipinski definition) is 0. The molecule has 0 fully saturated rings. The van der Waals surface area contributed by atoms with Crippen molar-refractivity contribution >= 4 is 5.71 Å². The molecule has 1 aliphatic carbocycles. The highest BCUT2D eigenvalue weighted by Gasteiger charge is 2.03. The fraction of sp³-hybridized carbons (Fsp3) is 0.182. The van der Waals surface area contributed by atoms with Crippen LogP contribution < -0.4 is 0 Å². The van der Waals surface area contributed by atoms with Gasteiger partial charge in [-0.25, -0.2) is 0 Å². The van der Waals surface area contributed by atoms with Gasteiger partial charge >= 0.3 is 0 Å². The molecule has 0 aromatic rings. The second-order valence-electron chi connectivity index (χ2n) is 2.69. The van der Waals surface area contributed by atoms with E-state index < -0.39 is 0 Å². The molecule has 0 amide bonds. The second kappa shape index (κ2) is 3.86. The predicted octanol–water partition coefficient (Wildman–Crippen LogP) is 2.69. The van der Waals surface area contributed by atoms with Gasteiger partial charge < -0.3 is 0 Å². The Balaban J connectivity index is 3.05. The Hall–Kier alpha value is -1.37. The first-order valence-electron chi connectivity index (χ1n) is 3.94. The predicted molar refractivity (Wildman–Crippen MR) is 54.5 cm³/mol. The third kappa shape index (κ3) is 1.82. The number of hydrogen-bond acceptors (Lipinski definition) is 1. The van der Waals surface area contributed by atoms with E-state index in [0.29, 0.717) is 0 Å². The Labute approximate surface area is 73.5 Å². The first kappa shape index (κ1) is 8.72. The van der Waals surface area contributed by atoms with Crippen molar-refractivity contribution in [1.82, 2.24) is 0 Å². The average molecular weight is 159 g/mol. The monoisotopic (exact) mass is 159 g/mol. The molecule has 0 saturated heterocycles. The van der Waals surface area contributed by atoms with Gasteiger partial charge in [-0.1, -0.05) is 30.4 Å². The van der Waals surface area contributed by atoms with Crippen LogP contribution in [-0.4, -0.2) is 12.8 Å². The largest absolute Gasteiger partial charge is 0.288 e. The Bertz CT molecular complexity index is 301. The lowest BCUT2D eigenvalue weighted by atomic mass is 10.0. The van der Waals surface area contributed by atoms with Crippen molar-refractivity contribution in [3.63, 3.8) is 0 Å². The number of allylic oxidation sites excluding steroid dienone is 7. The SMILES string of the molecule is C=C/C=C1/C=C(C)C=CC1=NC. The molecule has 1 rings (SSSR count). The van der Waals surface area contributed by atoms with Crippen LogP contribution in [0.4, 0.5) is 0 Å². The fourth-order valence-electron chi connectivity index (χ4n) is 1.14. The molecular formula is C11H13N. The van der Waals surface area contributed by atoms with Gasteiger partial charge in [0.1, 0.15) is 0 Å². The maximum atomic E-state index is 4.15. The van der Waals surface area contributed by atoms with Gasteiger partial charge in [0.25, 0.3) is 0 Å². The molecule has 0 bridgehead atoms. The van der Waals surface area contributed by atoms with Gasteiger partial charge in [0.15, 0.2) is 0 Å². The fourth-order valence-corrected chi connectivity index (χ4v) is 1.14. The summed E-state index contributed by atoms with van der Waals surface area (Å²) in [4.78, 5) is 4.15. The molecule has 0 radical (unpaired) electrons. The molecule has 0 unspecified atom stereocenters. The van der Waals surface area contributed by atoms with E-state index in [9.17, 15) is 0 Å². The highest BCUT2D eigenvalue weighted by atomic mass is 14.7. The van der Waals surface area contributed by atoms with Crippen LogP contribution in [0.25, 0.3) is 0 Å². The third-order valence-corrected chi connectivity index (χ3v) is 1.72. The molecule has 0 N–H and O–H groups in total. The van der Waals surface area contributed by atoms with Gasteiger partial charge in [-0.05, 0) is 24.6 Å². The minimum Gasteiger partial charge on any atom is -0.288 e. The van der Waals surface area contributed by atoms with E-state index in [4.69, 9.17) is 0 Å². The lowest BCUT2D eigenvalue weighted by Gasteiger charge is -2.07. The van der Waals surface area contributed by atoms with Crippen LogP contribution in [0.2, 0.25) is 0 Å². The molecule has 0 spiro atoms. The molecule has 1 aliphatic rings. The topological polar surface area (TPSA) is 12.4 Å². The van der Waals surface area contributed by atoms with E-state index in [1.54, 1.807) is 13.1 Å². The zero-order chi connectivity index (χ0) is 8.97. The zero-order valence-corrected chi connectivity index (χ0v) is 7.54. The summed E-state index contributed by atoms with van der Waals surface area (Å²) in [5.41, 5.74) is 3.39. The van der Waals surface area contributed by atoms with Crippen LogP contribution >= 0.6 is 0 Å². The van der Waals surface area contributed by atoms with Crippen LogP contribution in [0.5, 0.6) is 0 Å². The molecule has 0 aromatic carbocycles. The van der Waals surface area contributed by atoms with Crippen molar-refractivity contribution in [3.8, 4) is 0 Å². The van der Waals surface area contributed by atoms with Crippen LogP contribution in [0.15, 0.2) is 53.1 Å². The molecule has 0 atom stereocenters. The van der Waals surface area contributed by atoms with Crippen LogP contribution in [0, 0.1) is 0 Å². The van der Waals surface area contributed by atoms with Gasteiger partial charge in [-0.3, -0.25) is 4.99 Å². The number of rotatable bonds is 1. The van der Waals surface area contributed by atoms with Crippen LogP contribution in [-0.2, 0) is 0 Å². The van der Waals surface area contributed by atoms with E-state index >= 15 is 0 Å². The van der Waals surface area contributed by atoms with Gasteiger partial charge in [-0.15, -0.1) is 0 Å². The minimum absolute atomic E-state index is 1.01. The van der Waals surface area contributed by atoms with Crippen molar-refractivity contribution in [2.45, 2.75) is 6.92 Å². The Morgan fingerprint density at radius 2 is 2.17 bits per heavy atom. The highest BCUT2D eigenvalue weighted by Crippen LogP contribution is 2.13. The Morgan fingerprint density at radius 3 is 2.75 bits per heavy atom. The summed E-state index contributed by atoms with van der Waals surface area (Å²) < 4.78 is 0. The maximum absolute atomic E-state index is 4.15. The summed E-state index contributed by atoms with van der Waals surface area (Å²) in [6.07, 6.45) is 9.93. The lowest BCUT2D eigenvalue weighted by Crippen LogP contribution is -2.01. The highest BCUT2D eigenvalue weighted by molar-refractivity contribution is 6.11. The first-order valence-corrected chi connectivity index (χ1v) is 3.94. The van der Waals surface area contributed by atoms with Crippen molar-refractivity contribution in [1.29, 1.82) is 0 Å². The zero-order valence-electron chi connectivity index (χ0n) is 7.54. The summed E-state index contributed by atoms with van der Waals surface area (Å²) in [7, 11) is 1.80. The van der Waals surface area contributed by atoms with Gasteiger partial charge in [-0.2, -0.15) is 0 Å². The maximum Gasteiger partial charge on any atom is 0.0643 e. The first-order chi connectivity index (χ1) is 5.77. The molecule has 62 valence electrons. The molecule has 0 aromatic heterocycles. The van der Waals surface area contributed by atoms with Crippen molar-refractivity contribution in [3.05, 3.63) is 48.1 Å². The minimum atomic E-state index is 1.01. The van der Waals surface area contributed by atoms with Gasteiger partial charge in [0.2, 0.25) is 0 Å². The van der Waals surface area contributed by atoms with Crippen molar-refractivity contribution < 1.29 is 0 Å². The van der Waals surface area contributed by atoms with E-state index in [-0.39, 0.29) is 0 Å². The standard InChI is InChI=1S/C11H13N/c1-4-5-10-8-9(2)6-7-11(10)12-3/h4-8H,1H2,2-3H3/b10-5-,12-11?. The van der Waals surface area contributed by atoms with E-state index in [2.05, 4.69) is 30.6 Å². The Kier molecular flexibility index (Phi) is 2.81. The van der Waals surface area contributed by atoms with E-state index in [1.165, 1.54) is 5.57 Å². The molecule has 0 heterocycles. The summed E-state index contributed by atoms with van der Waals surface area (Å²) >= 11 is 0.